The van der Waals surface area contributed by atoms with E-state index in [1.807, 2.05) is 37.3 Å². The Balaban J connectivity index is 2.54. The number of benzene rings is 1. The summed E-state index contributed by atoms with van der Waals surface area (Å²) in [4.78, 5) is 23.6. The fraction of sp³-hybridized carbons (Fsp3) is 0.300. The summed E-state index contributed by atoms with van der Waals surface area (Å²) in [6, 6.07) is 7.49. The van der Waals surface area contributed by atoms with E-state index in [0.29, 0.717) is 0 Å². The fourth-order valence-corrected chi connectivity index (χ4v) is 3.45. The molecule has 0 fully saturated rings. The molecule has 0 aromatic heterocycles. The molecule has 4 unspecified atom stereocenters. The Morgan fingerprint density at radius 3 is 2.17 bits per heavy atom. The lowest BCUT2D eigenvalue weighted by atomic mass is 9.64. The van der Waals surface area contributed by atoms with E-state index in [0.717, 1.165) is 16.7 Å². The van der Waals surface area contributed by atoms with Crippen molar-refractivity contribution in [3.05, 3.63) is 71.8 Å². The maximum absolute atomic E-state index is 11.8. The summed E-state index contributed by atoms with van der Waals surface area (Å²) >= 11 is 0. The number of carboxylic acid groups (broad SMARTS) is 2. The molecule has 126 valence electrons. The van der Waals surface area contributed by atoms with Gasteiger partial charge in [-0.05, 0) is 24.0 Å². The minimum absolute atomic E-state index is 0.351. The van der Waals surface area contributed by atoms with Crippen LogP contribution in [0.2, 0.25) is 0 Å². The quantitative estimate of drug-likeness (QED) is 0.803. The predicted octanol–water partition coefficient (Wildman–Crippen LogP) is 3.98. The van der Waals surface area contributed by atoms with Gasteiger partial charge in [-0.2, -0.15) is 0 Å². The first kappa shape index (κ1) is 17.7. The van der Waals surface area contributed by atoms with E-state index in [2.05, 4.69) is 6.58 Å². The van der Waals surface area contributed by atoms with Gasteiger partial charge in [0.2, 0.25) is 0 Å². The number of aliphatic carboxylic acids is 2. The minimum Gasteiger partial charge on any atom is -0.481 e. The zero-order valence-corrected chi connectivity index (χ0v) is 13.8. The van der Waals surface area contributed by atoms with Crippen LogP contribution in [0.5, 0.6) is 0 Å². The lowest BCUT2D eigenvalue weighted by Crippen LogP contribution is -2.40. The lowest BCUT2D eigenvalue weighted by molar-refractivity contribution is -0.155. The number of carboxylic acids is 2. The fourth-order valence-electron chi connectivity index (χ4n) is 3.45. The molecule has 1 aliphatic rings. The molecular formula is C20H22O4. The van der Waals surface area contributed by atoms with Gasteiger partial charge in [0, 0.05) is 5.92 Å². The zero-order chi connectivity index (χ0) is 17.9. The lowest BCUT2D eigenvalue weighted by Gasteiger charge is -2.38. The van der Waals surface area contributed by atoms with E-state index in [4.69, 9.17) is 0 Å². The molecule has 0 saturated carbocycles. The van der Waals surface area contributed by atoms with Crippen molar-refractivity contribution < 1.29 is 19.8 Å². The summed E-state index contributed by atoms with van der Waals surface area (Å²) in [5.74, 6) is -4.94. The second kappa shape index (κ2) is 7.30. The topological polar surface area (TPSA) is 74.6 Å². The van der Waals surface area contributed by atoms with Crippen LogP contribution in [0.1, 0.15) is 36.8 Å². The highest BCUT2D eigenvalue weighted by Crippen LogP contribution is 2.47. The highest BCUT2D eigenvalue weighted by atomic mass is 16.4. The van der Waals surface area contributed by atoms with E-state index in [9.17, 15) is 19.8 Å². The second-order valence-electron chi connectivity index (χ2n) is 6.26. The number of hydrogen-bond donors (Lipinski definition) is 2. The highest BCUT2D eigenvalue weighted by molar-refractivity contribution is 5.83. The maximum Gasteiger partial charge on any atom is 0.308 e. The van der Waals surface area contributed by atoms with Crippen LogP contribution in [-0.2, 0) is 9.59 Å². The number of rotatable bonds is 5. The molecule has 4 nitrogen and oxygen atoms in total. The van der Waals surface area contributed by atoms with Crippen LogP contribution < -0.4 is 0 Å². The summed E-state index contributed by atoms with van der Waals surface area (Å²) in [5.41, 5.74) is 2.67. The average molecular weight is 326 g/mol. The molecule has 24 heavy (non-hydrogen) atoms. The molecule has 2 N–H and O–H groups in total. The van der Waals surface area contributed by atoms with E-state index in [1.165, 1.54) is 0 Å². The monoisotopic (exact) mass is 326 g/mol. The molecule has 0 bridgehead atoms. The molecule has 2 rings (SSSR count). The Morgan fingerprint density at radius 2 is 1.62 bits per heavy atom. The third-order valence-corrected chi connectivity index (χ3v) is 4.54. The molecular weight excluding hydrogens is 304 g/mol. The van der Waals surface area contributed by atoms with Gasteiger partial charge in [0.05, 0.1) is 11.8 Å². The van der Waals surface area contributed by atoms with Crippen LogP contribution in [0, 0.1) is 11.8 Å². The van der Waals surface area contributed by atoms with Crippen LogP contribution >= 0.6 is 0 Å². The summed E-state index contributed by atoms with van der Waals surface area (Å²) in [5, 5.41) is 19.3. The predicted molar refractivity (Wildman–Crippen MR) is 92.9 cm³/mol. The number of carbonyl (C=O) groups is 2. The van der Waals surface area contributed by atoms with Crippen molar-refractivity contribution >= 4 is 11.9 Å². The summed E-state index contributed by atoms with van der Waals surface area (Å²) < 4.78 is 0. The molecule has 0 spiro atoms. The standard InChI is InChI=1S/C20H22O4/c1-12(2)8-4-5-11-16-15-10-7-6-9-14(15)13(3)17(19(21)22)18(16)20(23)24/h4-11,13,16-18H,1H2,2-3H3,(H,21,22)(H,23,24)/b8-4-,11-5-. The van der Waals surface area contributed by atoms with Crippen molar-refractivity contribution in [2.75, 3.05) is 0 Å². The van der Waals surface area contributed by atoms with Crippen LogP contribution in [0.3, 0.4) is 0 Å². The van der Waals surface area contributed by atoms with Crippen molar-refractivity contribution in [3.8, 4) is 0 Å². The smallest absolute Gasteiger partial charge is 0.308 e. The van der Waals surface area contributed by atoms with Gasteiger partial charge in [-0.3, -0.25) is 9.59 Å². The van der Waals surface area contributed by atoms with Gasteiger partial charge in [-0.1, -0.05) is 67.6 Å². The van der Waals surface area contributed by atoms with Crippen molar-refractivity contribution in [1.82, 2.24) is 0 Å². The summed E-state index contributed by atoms with van der Waals surface area (Å²) in [6.45, 7) is 7.42. The van der Waals surface area contributed by atoms with Gasteiger partial charge in [0.15, 0.2) is 0 Å². The Kier molecular flexibility index (Phi) is 5.39. The van der Waals surface area contributed by atoms with Gasteiger partial charge < -0.3 is 10.2 Å². The first-order chi connectivity index (χ1) is 11.3. The first-order valence-corrected chi connectivity index (χ1v) is 7.89. The van der Waals surface area contributed by atoms with Crippen LogP contribution in [-0.4, -0.2) is 22.2 Å². The molecule has 4 heteroatoms. The maximum atomic E-state index is 11.8. The van der Waals surface area contributed by atoms with E-state index >= 15 is 0 Å². The zero-order valence-electron chi connectivity index (χ0n) is 13.8. The van der Waals surface area contributed by atoms with Crippen LogP contribution in [0.25, 0.3) is 0 Å². The number of fused-ring (bicyclic) bond motifs is 1. The third-order valence-electron chi connectivity index (χ3n) is 4.54. The molecule has 4 atom stereocenters. The van der Waals surface area contributed by atoms with Gasteiger partial charge >= 0.3 is 11.9 Å². The SMILES string of the molecule is C=C(C)/C=C\C=C/C1c2ccccc2C(C)C(C(=O)O)C1C(=O)O. The Morgan fingerprint density at radius 1 is 1.04 bits per heavy atom. The molecule has 1 aliphatic carbocycles. The van der Waals surface area contributed by atoms with Crippen LogP contribution in [0.4, 0.5) is 0 Å². The van der Waals surface area contributed by atoms with Gasteiger partial charge in [-0.15, -0.1) is 0 Å². The largest absolute Gasteiger partial charge is 0.481 e. The van der Waals surface area contributed by atoms with Crippen molar-refractivity contribution in [2.45, 2.75) is 25.7 Å². The van der Waals surface area contributed by atoms with Gasteiger partial charge in [-0.25, -0.2) is 0 Å². The third kappa shape index (κ3) is 3.48. The second-order valence-corrected chi connectivity index (χ2v) is 6.26. The van der Waals surface area contributed by atoms with Crippen molar-refractivity contribution in [2.24, 2.45) is 11.8 Å². The number of allylic oxidation sites excluding steroid dienone is 5. The Labute approximate surface area is 141 Å². The summed E-state index contributed by atoms with van der Waals surface area (Å²) in [7, 11) is 0. The van der Waals surface area contributed by atoms with Crippen molar-refractivity contribution in [1.29, 1.82) is 0 Å². The van der Waals surface area contributed by atoms with Crippen LogP contribution in [0.15, 0.2) is 60.7 Å². The average Bonchev–Trinajstić information content (AvgIpc) is 2.52. The van der Waals surface area contributed by atoms with E-state index in [1.54, 1.807) is 25.2 Å². The summed E-state index contributed by atoms with van der Waals surface area (Å²) in [6.07, 6.45) is 7.15. The highest BCUT2D eigenvalue weighted by Gasteiger charge is 2.47. The molecule has 0 radical (unpaired) electrons. The molecule has 0 saturated heterocycles. The molecule has 1 aromatic rings. The number of hydrogen-bond acceptors (Lipinski definition) is 2. The Hall–Kier alpha value is -2.62. The first-order valence-electron chi connectivity index (χ1n) is 7.89. The van der Waals surface area contributed by atoms with Gasteiger partial charge in [0.25, 0.3) is 0 Å². The van der Waals surface area contributed by atoms with E-state index < -0.39 is 29.7 Å². The molecule has 0 aliphatic heterocycles. The molecule has 0 amide bonds. The molecule has 1 aromatic carbocycles. The minimum atomic E-state index is -1.08. The molecule has 0 heterocycles. The Bertz CT molecular complexity index is 714. The normalized spacial score (nSPS) is 26.4. The van der Waals surface area contributed by atoms with Crippen molar-refractivity contribution in [3.63, 3.8) is 0 Å². The van der Waals surface area contributed by atoms with E-state index in [-0.39, 0.29) is 5.92 Å². The van der Waals surface area contributed by atoms with Gasteiger partial charge in [0.1, 0.15) is 0 Å².